The topological polar surface area (TPSA) is 0 Å². The van der Waals surface area contributed by atoms with Crippen molar-refractivity contribution in [1.29, 1.82) is 0 Å². The smallest absolute Gasteiger partial charge is 0.0240 e. The van der Waals surface area contributed by atoms with E-state index >= 15 is 0 Å². The number of hydrogen-bond acceptors (Lipinski definition) is 0. The molecule has 0 aliphatic carbocycles. The van der Waals surface area contributed by atoms with Crippen LogP contribution in [0.4, 0.5) is 0 Å². The van der Waals surface area contributed by atoms with Gasteiger partial charge in [0.15, 0.2) is 0 Å². The van der Waals surface area contributed by atoms with E-state index in [1.54, 1.807) is 0 Å². The van der Waals surface area contributed by atoms with Gasteiger partial charge in [-0.25, -0.2) is 0 Å². The number of terminal acetylenes is 1. The van der Waals surface area contributed by atoms with Crippen LogP contribution in [-0.4, -0.2) is 0 Å². The highest BCUT2D eigenvalue weighted by molar-refractivity contribution is 4.80. The van der Waals surface area contributed by atoms with Crippen LogP contribution in [-0.2, 0) is 0 Å². The maximum atomic E-state index is 6.46. The molecule has 0 aromatic heterocycles. The Kier molecular flexibility index (Phi) is 1.18. The van der Waals surface area contributed by atoms with Crippen molar-refractivity contribution in [3.05, 3.63) is 0 Å². The maximum Gasteiger partial charge on any atom is 0.0240 e. The average molecular weight is 56.1 g/mol. The quantitative estimate of drug-likeness (QED) is 0.363. The monoisotopic (exact) mass is 56.1 g/mol. The first-order chi connectivity index (χ1) is 2.41. The lowest BCUT2D eigenvalue weighted by molar-refractivity contribution is 1.28. The van der Waals surface area contributed by atoms with Crippen LogP contribution in [0, 0.1) is 12.3 Å². The molecule has 0 unspecified atom stereocenters. The first kappa shape index (κ1) is 1.84. The minimum absolute atomic E-state index is 0.358. The predicted octanol–water partition coefficient (Wildman–Crippen LogP) is 1.03. The van der Waals surface area contributed by atoms with Crippen molar-refractivity contribution in [2.45, 2.75) is 13.3 Å². The van der Waals surface area contributed by atoms with Crippen LogP contribution >= 0.6 is 0 Å². The van der Waals surface area contributed by atoms with Gasteiger partial charge in [0, 0.05) is 7.79 Å². The van der Waals surface area contributed by atoms with E-state index in [9.17, 15) is 0 Å². The van der Waals surface area contributed by atoms with Crippen LogP contribution in [0.5, 0.6) is 0 Å². The molecular formula is C4H6. The highest BCUT2D eigenvalue weighted by Gasteiger charge is 1.43. The summed E-state index contributed by atoms with van der Waals surface area (Å²) in [5, 5.41) is 0. The summed E-state index contributed by atoms with van der Waals surface area (Å²) in [6, 6.07) is 0. The molecule has 0 nitrogen and oxygen atoms in total. The number of hydrogen-bond donors (Lipinski definition) is 0. The third-order valence-corrected chi connectivity index (χ3v) is 0.144. The third-order valence-electron chi connectivity index (χ3n) is 0.144. The minimum Gasteiger partial charge on any atom is -0.120 e. The van der Waals surface area contributed by atoms with Crippen molar-refractivity contribution >= 4 is 0 Å². The Morgan fingerprint density at radius 3 is 3.25 bits per heavy atom. The molecule has 0 N–H and O–H groups in total. The van der Waals surface area contributed by atoms with Gasteiger partial charge in [0.2, 0.25) is 0 Å². The van der Waals surface area contributed by atoms with Gasteiger partial charge in [-0.05, 0) is 0 Å². The fraction of sp³-hybridized carbons (Fsp3) is 0.500. The fourth-order valence-electron chi connectivity index (χ4n) is 0. The molecule has 0 saturated carbocycles. The fourth-order valence-corrected chi connectivity index (χ4v) is 0. The molecule has 0 aliphatic rings. The molecule has 0 amide bonds. The van der Waals surface area contributed by atoms with Crippen molar-refractivity contribution < 1.29 is 1.37 Å². The summed E-state index contributed by atoms with van der Waals surface area (Å²) in [5.41, 5.74) is 0. The second-order valence-electron chi connectivity index (χ2n) is 0.454. The molecule has 0 rings (SSSR count). The van der Waals surface area contributed by atoms with Crippen LogP contribution in [0.3, 0.4) is 0 Å². The summed E-state index contributed by atoms with van der Waals surface area (Å²) in [7, 11) is 0. The summed E-state index contributed by atoms with van der Waals surface area (Å²) < 4.78 is 6.46. The van der Waals surface area contributed by atoms with Crippen molar-refractivity contribution in [2.24, 2.45) is 0 Å². The molecule has 22 valence electrons. The van der Waals surface area contributed by atoms with Crippen LogP contribution in [0.15, 0.2) is 0 Å². The molecule has 0 bridgehead atoms. The summed E-state index contributed by atoms with van der Waals surface area (Å²) in [6.07, 6.45) is 5.35. The Hall–Kier alpha value is -0.440. The highest BCUT2D eigenvalue weighted by atomic mass is 13.5. The normalized spacial score (nSPS) is 8.25. The molecule has 0 aromatic carbocycles. The van der Waals surface area contributed by atoms with E-state index in [4.69, 9.17) is 7.79 Å². The minimum atomic E-state index is 0.358. The van der Waals surface area contributed by atoms with Gasteiger partial charge in [-0.1, -0.05) is 6.90 Å². The van der Waals surface area contributed by atoms with Gasteiger partial charge in [-0.3, -0.25) is 0 Å². The van der Waals surface area contributed by atoms with Crippen LogP contribution in [0.25, 0.3) is 0 Å². The second kappa shape index (κ2) is 2.56. The molecule has 4 heavy (non-hydrogen) atoms. The van der Waals surface area contributed by atoms with Gasteiger partial charge in [0.1, 0.15) is 0 Å². The van der Waals surface area contributed by atoms with Crippen molar-refractivity contribution in [1.82, 2.24) is 0 Å². The van der Waals surface area contributed by atoms with Gasteiger partial charge in [-0.15, -0.1) is 12.3 Å². The van der Waals surface area contributed by atoms with E-state index in [1.165, 1.54) is 0 Å². The van der Waals surface area contributed by atoms with Crippen LogP contribution in [0.2, 0.25) is 0 Å². The lowest BCUT2D eigenvalue weighted by Gasteiger charge is -1.52. The van der Waals surface area contributed by atoms with Gasteiger partial charge < -0.3 is 0 Å². The van der Waals surface area contributed by atoms with E-state index in [2.05, 4.69) is 5.92 Å². The van der Waals surface area contributed by atoms with Crippen LogP contribution < -0.4 is 0 Å². The molecule has 0 fully saturated rings. The Bertz CT molecular complexity index is 42.1. The molecule has 0 radical (unpaired) electrons. The molecular weight excluding hydrogens is 48.0 g/mol. The zero-order chi connectivity index (χ0) is 4.12. The maximum absolute atomic E-state index is 6.46. The van der Waals surface area contributed by atoms with Crippen molar-refractivity contribution in [2.75, 3.05) is 0 Å². The lowest BCUT2D eigenvalue weighted by atomic mass is 10.5. The molecule has 0 heterocycles. The highest BCUT2D eigenvalue weighted by Crippen LogP contribution is 1.58. The molecule has 0 spiro atoms. The number of rotatable bonds is 0. The second-order valence-corrected chi connectivity index (χ2v) is 0.454. The zero-order valence-corrected chi connectivity index (χ0v) is 2.49. The Balaban J connectivity index is 2.48. The largest absolute Gasteiger partial charge is 0.120 e. The molecule has 0 atom stereocenters. The van der Waals surface area contributed by atoms with E-state index in [-0.39, 0.29) is 0 Å². The summed E-state index contributed by atoms with van der Waals surface area (Å²) in [6.45, 7) is 0.358. The van der Waals surface area contributed by atoms with Gasteiger partial charge in [-0.2, -0.15) is 0 Å². The third kappa shape index (κ3) is 1.56. The molecule has 0 saturated heterocycles. The summed E-state index contributed by atoms with van der Waals surface area (Å²) >= 11 is 0. The van der Waals surface area contributed by atoms with E-state index in [0.29, 0.717) is 13.3 Å². The average Bonchev–Trinajstić information content (AvgIpc) is 1.41. The summed E-state index contributed by atoms with van der Waals surface area (Å²) in [5.74, 6) is 2.33. The first-order valence-corrected chi connectivity index (χ1v) is 1.14. The van der Waals surface area contributed by atoms with E-state index in [0.717, 1.165) is 0 Å². The molecule has 0 heteroatoms. The van der Waals surface area contributed by atoms with E-state index in [1.807, 2.05) is 0 Å². The zero-order valence-electron chi connectivity index (χ0n) is 3.49. The van der Waals surface area contributed by atoms with Gasteiger partial charge in [0.05, 0.1) is 0 Å². The molecule has 0 aliphatic heterocycles. The predicted molar refractivity (Wildman–Crippen MR) is 19.1 cm³/mol. The SMILES string of the molecule is [3H]CCC#C. The standard InChI is InChI=1S/C4H6/c1-3-4-2/h1H,4H2,2H3/i2T. The Labute approximate surface area is 28.2 Å². The van der Waals surface area contributed by atoms with Crippen LogP contribution in [0.1, 0.15) is 14.7 Å². The Morgan fingerprint density at radius 1 is 2.50 bits per heavy atom. The van der Waals surface area contributed by atoms with E-state index < -0.39 is 0 Å². The van der Waals surface area contributed by atoms with Gasteiger partial charge in [0.25, 0.3) is 0 Å². The lowest BCUT2D eigenvalue weighted by Crippen LogP contribution is -1.38. The van der Waals surface area contributed by atoms with Gasteiger partial charge >= 0.3 is 0 Å². The molecule has 0 aromatic rings. The summed E-state index contributed by atoms with van der Waals surface area (Å²) in [4.78, 5) is 0. The van der Waals surface area contributed by atoms with Crippen molar-refractivity contribution in [3.8, 4) is 12.3 Å². The van der Waals surface area contributed by atoms with Crippen molar-refractivity contribution in [3.63, 3.8) is 0 Å². The first-order valence-electron chi connectivity index (χ1n) is 1.85. The Morgan fingerprint density at radius 2 is 3.25 bits per heavy atom.